The Morgan fingerprint density at radius 1 is 1.14 bits per heavy atom. The molecule has 3 aromatic carbocycles. The predicted octanol–water partition coefficient (Wildman–Crippen LogP) is 5.24. The van der Waals surface area contributed by atoms with E-state index in [1.54, 1.807) is 60.5 Å². The number of benzene rings is 3. The number of rotatable bonds is 6. The van der Waals surface area contributed by atoms with E-state index in [1.165, 1.54) is 11.8 Å². The van der Waals surface area contributed by atoms with Gasteiger partial charge in [-0.05, 0) is 60.2 Å². The van der Waals surface area contributed by atoms with Crippen LogP contribution in [0, 0.1) is 0 Å². The van der Waals surface area contributed by atoms with Crippen LogP contribution in [0.25, 0.3) is 0 Å². The maximum absolute atomic E-state index is 13.3. The molecule has 2 aliphatic rings. The molecule has 36 heavy (non-hydrogen) atoms. The first-order chi connectivity index (χ1) is 17.5. The van der Waals surface area contributed by atoms with Crippen molar-refractivity contribution >= 4 is 51.7 Å². The van der Waals surface area contributed by atoms with Gasteiger partial charge in [0.15, 0.2) is 16.7 Å². The lowest BCUT2D eigenvalue weighted by Gasteiger charge is -2.32. The Labute approximate surface area is 217 Å². The summed E-state index contributed by atoms with van der Waals surface area (Å²) in [6, 6.07) is 19.6. The third-order valence-electron chi connectivity index (χ3n) is 5.60. The van der Waals surface area contributed by atoms with Crippen LogP contribution in [0.5, 0.6) is 17.2 Å². The van der Waals surface area contributed by atoms with Crippen LogP contribution >= 0.6 is 23.4 Å². The molecule has 2 aliphatic heterocycles. The zero-order valence-electron chi connectivity index (χ0n) is 19.3. The van der Waals surface area contributed by atoms with Crippen LogP contribution in [0.15, 0.2) is 71.7 Å². The summed E-state index contributed by atoms with van der Waals surface area (Å²) in [5, 5.41) is 3.14. The Balaban J connectivity index is 1.41. The van der Waals surface area contributed by atoms with Crippen molar-refractivity contribution in [3.05, 3.63) is 77.3 Å². The average Bonchev–Trinajstić information content (AvgIpc) is 3.34. The van der Waals surface area contributed by atoms with Crippen molar-refractivity contribution in [2.24, 2.45) is 4.99 Å². The van der Waals surface area contributed by atoms with E-state index in [-0.39, 0.29) is 31.6 Å². The van der Waals surface area contributed by atoms with E-state index in [4.69, 9.17) is 30.8 Å². The zero-order valence-corrected chi connectivity index (χ0v) is 20.8. The van der Waals surface area contributed by atoms with E-state index in [0.717, 1.165) is 5.56 Å². The van der Waals surface area contributed by atoms with E-state index in [9.17, 15) is 9.59 Å². The van der Waals surface area contributed by atoms with E-state index < -0.39 is 5.25 Å². The Bertz CT molecular complexity index is 1330. The summed E-state index contributed by atoms with van der Waals surface area (Å²) >= 11 is 7.29. The molecule has 10 heteroatoms. The molecule has 1 N–H and O–H groups in total. The van der Waals surface area contributed by atoms with Gasteiger partial charge in [-0.3, -0.25) is 14.5 Å². The highest BCUT2D eigenvalue weighted by Gasteiger charge is 2.36. The second kappa shape index (κ2) is 10.5. The maximum atomic E-state index is 13.3. The van der Waals surface area contributed by atoms with Gasteiger partial charge in [-0.2, -0.15) is 0 Å². The van der Waals surface area contributed by atoms with Crippen LogP contribution in [0.1, 0.15) is 12.0 Å². The monoisotopic (exact) mass is 523 g/mol. The lowest BCUT2D eigenvalue weighted by atomic mass is 10.1. The Morgan fingerprint density at radius 2 is 1.94 bits per heavy atom. The van der Waals surface area contributed by atoms with Crippen molar-refractivity contribution < 1.29 is 23.8 Å². The van der Waals surface area contributed by atoms with Crippen molar-refractivity contribution in [1.29, 1.82) is 0 Å². The van der Waals surface area contributed by atoms with Crippen molar-refractivity contribution in [3.8, 4) is 17.2 Å². The van der Waals surface area contributed by atoms with Gasteiger partial charge in [0.05, 0.1) is 19.3 Å². The molecular weight excluding hydrogens is 502 g/mol. The number of fused-ring (bicyclic) bond motifs is 1. The molecular formula is C26H22ClN3O5S. The minimum absolute atomic E-state index is 0.0310. The van der Waals surface area contributed by atoms with E-state index in [1.807, 2.05) is 18.2 Å². The number of carbonyl (C=O) groups is 2. The number of nitrogens with zero attached hydrogens (tertiary/aromatic N) is 2. The minimum atomic E-state index is -0.651. The van der Waals surface area contributed by atoms with Gasteiger partial charge in [-0.15, -0.1) is 0 Å². The third-order valence-corrected chi connectivity index (χ3v) is 7.02. The molecule has 0 saturated carbocycles. The second-order valence-electron chi connectivity index (χ2n) is 8.07. The van der Waals surface area contributed by atoms with Gasteiger partial charge in [-0.25, -0.2) is 4.99 Å². The molecule has 0 radical (unpaired) electrons. The van der Waals surface area contributed by atoms with Crippen molar-refractivity contribution in [1.82, 2.24) is 4.90 Å². The fourth-order valence-corrected chi connectivity index (χ4v) is 5.06. The summed E-state index contributed by atoms with van der Waals surface area (Å²) in [6.07, 6.45) is 0.0310. The second-order valence-corrected chi connectivity index (χ2v) is 9.68. The first-order valence-electron chi connectivity index (χ1n) is 11.1. The number of hydrogen-bond donors (Lipinski definition) is 1. The number of carbonyl (C=O) groups excluding carboxylic acids is 2. The summed E-state index contributed by atoms with van der Waals surface area (Å²) in [5.74, 6) is 1.51. The summed E-state index contributed by atoms with van der Waals surface area (Å²) in [6.45, 7) is 0.449. The number of aliphatic imine (C=N–C) groups is 1. The van der Waals surface area contributed by atoms with Gasteiger partial charge in [-0.1, -0.05) is 35.5 Å². The number of methoxy groups -OCH3 is 1. The van der Waals surface area contributed by atoms with E-state index in [0.29, 0.717) is 38.8 Å². The smallest absolute Gasteiger partial charge is 0.238 e. The van der Waals surface area contributed by atoms with Crippen LogP contribution < -0.4 is 19.5 Å². The standard InChI is InChI=1S/C26H22ClN3O5S/c1-33-20-8-6-18(7-9-20)29-26-30(14-16-5-10-21-22(11-16)35-15-34-21)24(31)13-23(36-26)25(32)28-19-4-2-3-17(27)12-19/h2-12,23H,13-15H2,1H3,(H,28,32)/t23-/m1/s1. The zero-order chi connectivity index (χ0) is 25.1. The fraction of sp³-hybridized carbons (Fsp3) is 0.192. The lowest BCUT2D eigenvalue weighted by molar-refractivity contribution is -0.129. The molecule has 2 heterocycles. The number of nitrogens with one attached hydrogen (secondary N) is 1. The van der Waals surface area contributed by atoms with Gasteiger partial charge >= 0.3 is 0 Å². The summed E-state index contributed by atoms with van der Waals surface area (Å²) in [4.78, 5) is 32.7. The first kappa shape index (κ1) is 24.0. The maximum Gasteiger partial charge on any atom is 0.238 e. The van der Waals surface area contributed by atoms with Gasteiger partial charge in [0.1, 0.15) is 11.0 Å². The van der Waals surface area contributed by atoms with Crippen LogP contribution in [0.2, 0.25) is 5.02 Å². The Morgan fingerprint density at radius 3 is 2.72 bits per heavy atom. The van der Waals surface area contributed by atoms with Gasteiger partial charge < -0.3 is 19.5 Å². The third kappa shape index (κ3) is 5.42. The number of ether oxygens (including phenoxy) is 3. The SMILES string of the molecule is COc1ccc(N=C2S[C@@H](C(=O)Nc3cccc(Cl)c3)CC(=O)N2Cc2ccc3c(c2)OCO3)cc1. The Hall–Kier alpha value is -3.69. The number of thioether (sulfide) groups is 1. The van der Waals surface area contributed by atoms with Crippen molar-refractivity contribution in [2.75, 3.05) is 19.2 Å². The van der Waals surface area contributed by atoms with Crippen molar-refractivity contribution in [3.63, 3.8) is 0 Å². The number of halogens is 1. The predicted molar refractivity (Wildman–Crippen MR) is 139 cm³/mol. The fourth-order valence-electron chi connectivity index (χ4n) is 3.77. The van der Waals surface area contributed by atoms with Gasteiger partial charge in [0.2, 0.25) is 18.6 Å². The van der Waals surface area contributed by atoms with E-state index >= 15 is 0 Å². The average molecular weight is 524 g/mol. The molecule has 3 aromatic rings. The summed E-state index contributed by atoms with van der Waals surface area (Å²) < 4.78 is 16.1. The normalized spacial score (nSPS) is 17.8. The van der Waals surface area contributed by atoms with Crippen LogP contribution in [0.4, 0.5) is 11.4 Å². The quantitative estimate of drug-likeness (QED) is 0.475. The molecule has 5 rings (SSSR count). The molecule has 0 aromatic heterocycles. The Kier molecular flexibility index (Phi) is 7.02. The van der Waals surface area contributed by atoms with Crippen molar-refractivity contribution in [2.45, 2.75) is 18.2 Å². The van der Waals surface area contributed by atoms with Crippen LogP contribution in [-0.2, 0) is 16.1 Å². The highest BCUT2D eigenvalue weighted by Crippen LogP contribution is 2.35. The van der Waals surface area contributed by atoms with Gasteiger partial charge in [0.25, 0.3) is 0 Å². The minimum Gasteiger partial charge on any atom is -0.497 e. The van der Waals surface area contributed by atoms with E-state index in [2.05, 4.69) is 5.32 Å². The van der Waals surface area contributed by atoms with Gasteiger partial charge in [0, 0.05) is 17.1 Å². The molecule has 0 bridgehead atoms. The molecule has 0 aliphatic carbocycles. The molecule has 2 amide bonds. The largest absolute Gasteiger partial charge is 0.497 e. The molecule has 1 saturated heterocycles. The number of anilines is 1. The molecule has 0 unspecified atom stereocenters. The molecule has 1 atom stereocenters. The highest BCUT2D eigenvalue weighted by molar-refractivity contribution is 8.15. The lowest BCUT2D eigenvalue weighted by Crippen LogP contribution is -2.44. The molecule has 184 valence electrons. The summed E-state index contributed by atoms with van der Waals surface area (Å²) in [7, 11) is 1.59. The topological polar surface area (TPSA) is 89.5 Å². The van der Waals surface area contributed by atoms with Crippen LogP contribution in [-0.4, -0.2) is 41.0 Å². The molecule has 1 fully saturated rings. The number of amides is 2. The highest BCUT2D eigenvalue weighted by atomic mass is 35.5. The first-order valence-corrected chi connectivity index (χ1v) is 12.4. The van der Waals surface area contributed by atoms with Crippen LogP contribution in [0.3, 0.4) is 0 Å². The number of hydrogen-bond acceptors (Lipinski definition) is 7. The number of amidine groups is 1. The summed E-state index contributed by atoms with van der Waals surface area (Å²) in [5.41, 5.74) is 2.06. The molecule has 0 spiro atoms. The molecule has 8 nitrogen and oxygen atoms in total.